The highest BCUT2D eigenvalue weighted by molar-refractivity contribution is 7.99. The summed E-state index contributed by atoms with van der Waals surface area (Å²) in [5, 5.41) is 0. The first kappa shape index (κ1) is 14.3. The molecule has 0 aliphatic heterocycles. The Hall–Kier alpha value is -0.720. The van der Waals surface area contributed by atoms with Crippen LogP contribution in [-0.4, -0.2) is 11.5 Å². The summed E-state index contributed by atoms with van der Waals surface area (Å²) in [5.74, 6) is 7.06. The first-order valence-corrected chi connectivity index (χ1v) is 6.35. The Bertz CT molecular complexity index is 338. The number of hydrogen-bond acceptors (Lipinski definition) is 3. The van der Waals surface area contributed by atoms with Crippen LogP contribution in [0.2, 0.25) is 0 Å². The van der Waals surface area contributed by atoms with E-state index < -0.39 is 11.7 Å². The minimum absolute atomic E-state index is 0.123. The molecule has 0 aromatic heterocycles. The summed E-state index contributed by atoms with van der Waals surface area (Å²) < 4.78 is 37.1. The van der Waals surface area contributed by atoms with Gasteiger partial charge in [-0.1, -0.05) is 19.1 Å². The Morgan fingerprint density at radius 3 is 2.29 bits per heavy atom. The minimum Gasteiger partial charge on any atom is -0.271 e. The second kappa shape index (κ2) is 6.28. The van der Waals surface area contributed by atoms with Crippen molar-refractivity contribution in [3.8, 4) is 0 Å². The monoisotopic (exact) mass is 264 g/mol. The third-order valence-electron chi connectivity index (χ3n) is 2.33. The molecule has 0 fully saturated rings. The van der Waals surface area contributed by atoms with E-state index in [-0.39, 0.29) is 6.04 Å². The Kier molecular flexibility index (Phi) is 5.30. The zero-order valence-electron chi connectivity index (χ0n) is 9.42. The average Bonchev–Trinajstić information content (AvgIpc) is 2.29. The van der Waals surface area contributed by atoms with E-state index in [1.165, 1.54) is 12.1 Å². The zero-order valence-corrected chi connectivity index (χ0v) is 10.2. The summed E-state index contributed by atoms with van der Waals surface area (Å²) in [6.45, 7) is 2.02. The number of hydrazine groups is 1. The lowest BCUT2D eigenvalue weighted by Gasteiger charge is -2.16. The molecule has 6 heteroatoms. The minimum atomic E-state index is -4.29. The van der Waals surface area contributed by atoms with E-state index in [0.717, 1.165) is 29.2 Å². The number of benzene rings is 1. The smallest absolute Gasteiger partial charge is 0.271 e. The van der Waals surface area contributed by atoms with Gasteiger partial charge >= 0.3 is 6.18 Å². The van der Waals surface area contributed by atoms with Crippen molar-refractivity contribution >= 4 is 11.8 Å². The fraction of sp³-hybridized carbons (Fsp3) is 0.455. The van der Waals surface area contributed by atoms with Crippen LogP contribution in [0.25, 0.3) is 0 Å². The van der Waals surface area contributed by atoms with E-state index in [4.69, 9.17) is 5.84 Å². The highest BCUT2D eigenvalue weighted by Gasteiger charge is 2.30. The Morgan fingerprint density at radius 2 is 1.88 bits per heavy atom. The van der Waals surface area contributed by atoms with E-state index in [0.29, 0.717) is 0 Å². The predicted molar refractivity (Wildman–Crippen MR) is 64.5 cm³/mol. The van der Waals surface area contributed by atoms with Crippen molar-refractivity contribution in [2.45, 2.75) is 19.1 Å². The molecule has 0 amide bonds. The predicted octanol–water partition coefficient (Wildman–Crippen LogP) is 2.96. The van der Waals surface area contributed by atoms with Crippen LogP contribution in [0.4, 0.5) is 13.2 Å². The lowest BCUT2D eigenvalue weighted by Crippen LogP contribution is -2.29. The van der Waals surface area contributed by atoms with Crippen LogP contribution in [0.1, 0.15) is 24.1 Å². The summed E-state index contributed by atoms with van der Waals surface area (Å²) in [7, 11) is 0. The van der Waals surface area contributed by atoms with Crippen LogP contribution in [-0.2, 0) is 6.18 Å². The summed E-state index contributed by atoms with van der Waals surface area (Å²) in [6, 6.07) is 4.96. The van der Waals surface area contributed by atoms with E-state index in [1.54, 1.807) is 11.8 Å². The van der Waals surface area contributed by atoms with E-state index >= 15 is 0 Å². The summed E-state index contributed by atoms with van der Waals surface area (Å²) in [4.78, 5) is 0. The van der Waals surface area contributed by atoms with Crippen molar-refractivity contribution in [3.05, 3.63) is 35.4 Å². The maximum absolute atomic E-state index is 12.4. The van der Waals surface area contributed by atoms with E-state index in [9.17, 15) is 13.2 Å². The lowest BCUT2D eigenvalue weighted by atomic mass is 10.1. The molecule has 96 valence electrons. The molecule has 0 radical (unpaired) electrons. The van der Waals surface area contributed by atoms with Crippen molar-refractivity contribution in [2.75, 3.05) is 11.5 Å². The molecule has 0 spiro atoms. The molecule has 0 aliphatic rings. The Morgan fingerprint density at radius 1 is 1.29 bits per heavy atom. The van der Waals surface area contributed by atoms with Crippen molar-refractivity contribution < 1.29 is 13.2 Å². The molecule has 1 unspecified atom stereocenters. The van der Waals surface area contributed by atoms with Gasteiger partial charge in [-0.2, -0.15) is 24.9 Å². The van der Waals surface area contributed by atoms with Crippen LogP contribution >= 0.6 is 11.8 Å². The lowest BCUT2D eigenvalue weighted by molar-refractivity contribution is -0.137. The first-order valence-electron chi connectivity index (χ1n) is 5.20. The highest BCUT2D eigenvalue weighted by atomic mass is 32.2. The zero-order chi connectivity index (χ0) is 12.9. The van der Waals surface area contributed by atoms with Gasteiger partial charge in [-0.05, 0) is 23.4 Å². The number of thioether (sulfide) groups is 1. The second-order valence-corrected chi connectivity index (χ2v) is 4.82. The van der Waals surface area contributed by atoms with Gasteiger partial charge in [-0.3, -0.25) is 11.3 Å². The standard InChI is InChI=1S/C11H15F3N2S/c1-2-17-7-10(16-15)8-3-5-9(6-4-8)11(12,13)14/h3-6,10,16H,2,7,15H2,1H3. The maximum Gasteiger partial charge on any atom is 0.416 e. The highest BCUT2D eigenvalue weighted by Crippen LogP contribution is 2.30. The van der Waals surface area contributed by atoms with Crippen molar-refractivity contribution in [1.29, 1.82) is 0 Å². The fourth-order valence-corrected chi connectivity index (χ4v) is 2.14. The molecule has 1 atom stereocenters. The third kappa shape index (κ3) is 4.22. The van der Waals surface area contributed by atoms with E-state index in [1.807, 2.05) is 6.92 Å². The Labute approximate surface area is 103 Å². The van der Waals surface area contributed by atoms with Gasteiger partial charge in [0.1, 0.15) is 0 Å². The first-order chi connectivity index (χ1) is 7.99. The van der Waals surface area contributed by atoms with Gasteiger partial charge < -0.3 is 0 Å². The van der Waals surface area contributed by atoms with Crippen LogP contribution in [0.3, 0.4) is 0 Å². The van der Waals surface area contributed by atoms with Crippen LogP contribution in [0.5, 0.6) is 0 Å². The van der Waals surface area contributed by atoms with Gasteiger partial charge in [0, 0.05) is 5.75 Å². The van der Waals surface area contributed by atoms with Crippen LogP contribution in [0.15, 0.2) is 24.3 Å². The molecular weight excluding hydrogens is 249 g/mol. The molecule has 1 aromatic carbocycles. The second-order valence-electron chi connectivity index (χ2n) is 3.50. The molecule has 0 saturated heterocycles. The Balaban J connectivity index is 2.78. The molecule has 2 nitrogen and oxygen atoms in total. The topological polar surface area (TPSA) is 38.0 Å². The quantitative estimate of drug-likeness (QED) is 0.634. The van der Waals surface area contributed by atoms with Gasteiger partial charge in [-0.25, -0.2) is 0 Å². The molecule has 1 rings (SSSR count). The van der Waals surface area contributed by atoms with Gasteiger partial charge in [0.25, 0.3) is 0 Å². The average molecular weight is 264 g/mol. The fourth-order valence-electron chi connectivity index (χ4n) is 1.38. The molecule has 0 bridgehead atoms. The number of nitrogens with two attached hydrogens (primary N) is 1. The summed E-state index contributed by atoms with van der Waals surface area (Å²) in [5.41, 5.74) is 2.74. The van der Waals surface area contributed by atoms with Crippen molar-refractivity contribution in [3.63, 3.8) is 0 Å². The SMILES string of the molecule is CCSCC(NN)c1ccc(C(F)(F)F)cc1. The molecule has 1 aromatic rings. The van der Waals surface area contributed by atoms with Gasteiger partial charge in [0.2, 0.25) is 0 Å². The number of alkyl halides is 3. The van der Waals surface area contributed by atoms with Crippen LogP contribution < -0.4 is 11.3 Å². The molecular formula is C11H15F3N2S. The number of nitrogens with one attached hydrogen (secondary N) is 1. The van der Waals surface area contributed by atoms with Gasteiger partial charge in [0.05, 0.1) is 11.6 Å². The summed E-state index contributed by atoms with van der Waals surface area (Å²) >= 11 is 1.68. The van der Waals surface area contributed by atoms with Crippen molar-refractivity contribution in [1.82, 2.24) is 5.43 Å². The van der Waals surface area contributed by atoms with Gasteiger partial charge in [0.15, 0.2) is 0 Å². The molecule has 3 N–H and O–H groups in total. The molecule has 0 saturated carbocycles. The molecule has 0 aliphatic carbocycles. The number of halogens is 3. The third-order valence-corrected chi connectivity index (χ3v) is 3.31. The van der Waals surface area contributed by atoms with Crippen molar-refractivity contribution in [2.24, 2.45) is 5.84 Å². The maximum atomic E-state index is 12.4. The van der Waals surface area contributed by atoms with Gasteiger partial charge in [-0.15, -0.1) is 0 Å². The van der Waals surface area contributed by atoms with Crippen LogP contribution in [0, 0.1) is 0 Å². The number of rotatable bonds is 5. The normalized spacial score (nSPS) is 13.7. The van der Waals surface area contributed by atoms with E-state index in [2.05, 4.69) is 5.43 Å². The largest absolute Gasteiger partial charge is 0.416 e. The number of hydrogen-bond donors (Lipinski definition) is 2. The molecule has 17 heavy (non-hydrogen) atoms. The molecule has 0 heterocycles. The summed E-state index contributed by atoms with van der Waals surface area (Å²) in [6.07, 6.45) is -4.29.